The van der Waals surface area contributed by atoms with Gasteiger partial charge < -0.3 is 21.4 Å². The van der Waals surface area contributed by atoms with Crippen LogP contribution in [0, 0.1) is 0 Å². The molecule has 28 heavy (non-hydrogen) atoms. The number of nitrogens with two attached hydrogens (primary N) is 1. The summed E-state index contributed by atoms with van der Waals surface area (Å²) in [4.78, 5) is 27.8. The molecule has 0 fully saturated rings. The summed E-state index contributed by atoms with van der Waals surface area (Å²) in [6.45, 7) is 1.99. The molecule has 0 bridgehead atoms. The monoisotopic (exact) mass is 397 g/mol. The molecule has 0 aliphatic carbocycles. The van der Waals surface area contributed by atoms with Gasteiger partial charge in [0.15, 0.2) is 0 Å². The first-order chi connectivity index (χ1) is 13.5. The van der Waals surface area contributed by atoms with E-state index in [1.807, 2.05) is 13.0 Å². The van der Waals surface area contributed by atoms with Crippen molar-refractivity contribution < 1.29 is 4.79 Å². The average Bonchev–Trinajstić information content (AvgIpc) is 3.13. The van der Waals surface area contributed by atoms with E-state index in [9.17, 15) is 4.79 Å². The van der Waals surface area contributed by atoms with Crippen molar-refractivity contribution in [1.82, 2.24) is 20.3 Å². The zero-order valence-corrected chi connectivity index (χ0v) is 16.2. The van der Waals surface area contributed by atoms with E-state index in [-0.39, 0.29) is 5.91 Å². The number of hydrogen-bond acceptors (Lipinski definition) is 6. The number of aromatic nitrogens is 3. The Morgan fingerprint density at radius 3 is 2.93 bits per heavy atom. The predicted octanol–water partition coefficient (Wildman–Crippen LogP) is 3.45. The van der Waals surface area contributed by atoms with Gasteiger partial charge in [-0.3, -0.25) is 9.79 Å². The van der Waals surface area contributed by atoms with Crippen LogP contribution in [-0.4, -0.2) is 34.1 Å². The van der Waals surface area contributed by atoms with Crippen LogP contribution in [0.1, 0.15) is 29.5 Å². The van der Waals surface area contributed by atoms with E-state index in [0.717, 1.165) is 11.8 Å². The van der Waals surface area contributed by atoms with Gasteiger partial charge in [-0.1, -0.05) is 18.5 Å². The number of nitrogens with zero attached hydrogens (tertiary/aromatic N) is 3. The van der Waals surface area contributed by atoms with E-state index in [4.69, 9.17) is 17.3 Å². The van der Waals surface area contributed by atoms with Crippen molar-refractivity contribution in [2.75, 3.05) is 12.4 Å². The molecule has 0 unspecified atom stereocenters. The molecular weight excluding hydrogens is 378 g/mol. The summed E-state index contributed by atoms with van der Waals surface area (Å²) in [6.07, 6.45) is 5.58. The number of aromatic amines is 1. The molecule has 0 saturated carbocycles. The fourth-order valence-electron chi connectivity index (χ4n) is 2.60. The highest BCUT2D eigenvalue weighted by Crippen LogP contribution is 2.29. The highest BCUT2D eigenvalue weighted by atomic mass is 35.5. The third-order valence-corrected chi connectivity index (χ3v) is 4.19. The molecule has 0 aliphatic heterocycles. The Labute approximate surface area is 166 Å². The third-order valence-electron chi connectivity index (χ3n) is 3.90. The van der Waals surface area contributed by atoms with Crippen LogP contribution in [0.5, 0.6) is 0 Å². The van der Waals surface area contributed by atoms with Crippen LogP contribution in [0.15, 0.2) is 41.7 Å². The molecule has 0 aliphatic rings. The number of carbonyl (C=O) groups is 1. The van der Waals surface area contributed by atoms with Crippen LogP contribution in [0.25, 0.3) is 16.6 Å². The number of benzene rings is 1. The van der Waals surface area contributed by atoms with Crippen molar-refractivity contribution in [3.05, 3.63) is 53.1 Å². The second kappa shape index (κ2) is 8.53. The average molecular weight is 398 g/mol. The van der Waals surface area contributed by atoms with Gasteiger partial charge in [0.05, 0.1) is 16.2 Å². The molecule has 0 spiro atoms. The lowest BCUT2D eigenvalue weighted by molar-refractivity contribution is 0.0959. The number of carbonyl (C=O) groups excluding carboxylic acids is 1. The van der Waals surface area contributed by atoms with Gasteiger partial charge in [-0.2, -0.15) is 0 Å². The van der Waals surface area contributed by atoms with Crippen LogP contribution in [0.2, 0.25) is 5.02 Å². The van der Waals surface area contributed by atoms with Gasteiger partial charge in [0.25, 0.3) is 5.91 Å². The van der Waals surface area contributed by atoms with Crippen molar-refractivity contribution in [2.24, 2.45) is 10.7 Å². The fourth-order valence-corrected chi connectivity index (χ4v) is 2.88. The molecule has 3 aromatic rings. The smallest absolute Gasteiger partial charge is 0.267 e. The summed E-state index contributed by atoms with van der Waals surface area (Å²) in [5.41, 5.74) is 8.62. The Morgan fingerprint density at radius 2 is 2.21 bits per heavy atom. The minimum atomic E-state index is -0.216. The highest BCUT2D eigenvalue weighted by molar-refractivity contribution is 6.35. The summed E-state index contributed by atoms with van der Waals surface area (Å²) < 4.78 is 0. The summed E-state index contributed by atoms with van der Waals surface area (Å²) in [6, 6.07) is 7.06. The van der Waals surface area contributed by atoms with Crippen LogP contribution < -0.4 is 16.4 Å². The Hall–Kier alpha value is -3.39. The number of aliphatic imine (C=N–C) groups is 1. The Kier molecular flexibility index (Phi) is 5.90. The predicted molar refractivity (Wildman–Crippen MR) is 113 cm³/mol. The largest absolute Gasteiger partial charge is 0.403 e. The van der Waals surface area contributed by atoms with E-state index in [1.165, 1.54) is 6.20 Å². The maximum absolute atomic E-state index is 11.8. The molecule has 0 atom stereocenters. The maximum atomic E-state index is 11.8. The van der Waals surface area contributed by atoms with Crippen LogP contribution in [-0.2, 0) is 0 Å². The maximum Gasteiger partial charge on any atom is 0.267 e. The minimum Gasteiger partial charge on any atom is -0.403 e. The van der Waals surface area contributed by atoms with Gasteiger partial charge >= 0.3 is 0 Å². The molecule has 2 aromatic heterocycles. The molecular formula is C19H20ClN7O. The summed E-state index contributed by atoms with van der Waals surface area (Å²) in [5, 5.41) is 6.97. The lowest BCUT2D eigenvalue weighted by atomic mass is 10.2. The second-order valence-corrected chi connectivity index (χ2v) is 6.25. The SMILES string of the molecule is CCC=N/C(=C\N)c1ccnc(Nc2cc(Cl)c3[nH]c(C(=O)NC)cc3c2)n1. The van der Waals surface area contributed by atoms with E-state index < -0.39 is 0 Å². The van der Waals surface area contributed by atoms with Crippen molar-refractivity contribution in [3.63, 3.8) is 0 Å². The zero-order chi connectivity index (χ0) is 20.1. The normalized spacial score (nSPS) is 11.9. The molecule has 5 N–H and O–H groups in total. The standard InChI is InChI=1S/C19H20ClN7O/c1-3-5-23-16(10-21)14-4-6-24-19(27-14)25-12-7-11-8-15(18(28)22-2)26-17(11)13(20)9-12/h4-10,26H,3,21H2,1-2H3,(H,22,28)(H,24,25,27)/b16-10-,23-5?. The van der Waals surface area contributed by atoms with Crippen LogP contribution >= 0.6 is 11.6 Å². The molecule has 144 valence electrons. The van der Waals surface area contributed by atoms with Gasteiger partial charge in [-0.25, -0.2) is 9.97 Å². The Morgan fingerprint density at radius 1 is 1.39 bits per heavy atom. The van der Waals surface area contributed by atoms with Gasteiger partial charge in [0, 0.05) is 36.7 Å². The first-order valence-corrected chi connectivity index (χ1v) is 9.02. The van der Waals surface area contributed by atoms with E-state index in [0.29, 0.717) is 39.3 Å². The lowest BCUT2D eigenvalue weighted by Crippen LogP contribution is -2.17. The van der Waals surface area contributed by atoms with Crippen molar-refractivity contribution in [1.29, 1.82) is 0 Å². The number of fused-ring (bicyclic) bond motifs is 1. The second-order valence-electron chi connectivity index (χ2n) is 5.85. The molecule has 8 nitrogen and oxygen atoms in total. The molecule has 0 saturated heterocycles. The molecule has 2 heterocycles. The van der Waals surface area contributed by atoms with E-state index in [2.05, 4.69) is 30.6 Å². The van der Waals surface area contributed by atoms with E-state index >= 15 is 0 Å². The van der Waals surface area contributed by atoms with Crippen molar-refractivity contribution in [3.8, 4) is 0 Å². The molecule has 0 radical (unpaired) electrons. The Balaban J connectivity index is 1.91. The Bertz CT molecular complexity index is 1070. The van der Waals surface area contributed by atoms with E-state index in [1.54, 1.807) is 37.7 Å². The number of nitrogens with one attached hydrogen (secondary N) is 3. The topological polar surface area (TPSA) is 121 Å². The van der Waals surface area contributed by atoms with Crippen molar-refractivity contribution in [2.45, 2.75) is 13.3 Å². The number of amides is 1. The quantitative estimate of drug-likeness (QED) is 0.474. The summed E-state index contributed by atoms with van der Waals surface area (Å²) in [7, 11) is 1.57. The van der Waals surface area contributed by atoms with Crippen LogP contribution in [0.3, 0.4) is 0 Å². The van der Waals surface area contributed by atoms with Crippen LogP contribution in [0.4, 0.5) is 11.6 Å². The zero-order valence-electron chi connectivity index (χ0n) is 15.5. The number of H-pyrrole nitrogens is 1. The number of rotatable bonds is 6. The van der Waals surface area contributed by atoms with Gasteiger partial charge in [-0.05, 0) is 30.7 Å². The van der Waals surface area contributed by atoms with Crippen molar-refractivity contribution >= 4 is 52.0 Å². The molecule has 1 amide bonds. The summed E-state index contributed by atoms with van der Waals surface area (Å²) in [5.74, 6) is 0.160. The third kappa shape index (κ3) is 4.12. The number of hydrogen-bond donors (Lipinski definition) is 4. The highest BCUT2D eigenvalue weighted by Gasteiger charge is 2.12. The first kappa shape index (κ1) is 19.4. The number of halogens is 1. The van der Waals surface area contributed by atoms with Gasteiger partial charge in [0.2, 0.25) is 5.95 Å². The lowest BCUT2D eigenvalue weighted by Gasteiger charge is -2.08. The minimum absolute atomic E-state index is 0.216. The number of anilines is 2. The molecule has 1 aromatic carbocycles. The van der Waals surface area contributed by atoms with Gasteiger partial charge in [0.1, 0.15) is 11.4 Å². The fraction of sp³-hybridized carbons (Fsp3) is 0.158. The summed E-state index contributed by atoms with van der Waals surface area (Å²) >= 11 is 6.36. The molecule has 3 rings (SSSR count). The van der Waals surface area contributed by atoms with Gasteiger partial charge in [-0.15, -0.1) is 0 Å². The first-order valence-electron chi connectivity index (χ1n) is 8.65. The molecule has 9 heteroatoms.